The van der Waals surface area contributed by atoms with Crippen LogP contribution in [0.2, 0.25) is 0 Å². The Hall–Kier alpha value is -4.06. The summed E-state index contributed by atoms with van der Waals surface area (Å²) in [6, 6.07) is 3.84. The van der Waals surface area contributed by atoms with Crippen molar-refractivity contribution in [3.8, 4) is 0 Å². The second-order valence-corrected chi connectivity index (χ2v) is 12.3. The smallest absolute Gasteiger partial charge is 0.407 e. The van der Waals surface area contributed by atoms with Crippen molar-refractivity contribution >= 4 is 40.4 Å². The predicted molar refractivity (Wildman–Crippen MR) is 173 cm³/mol. The van der Waals surface area contributed by atoms with Crippen LogP contribution >= 0.6 is 0 Å². The second-order valence-electron chi connectivity index (χ2n) is 12.3. The number of rotatable bonds is 11. The first-order valence-corrected chi connectivity index (χ1v) is 15.5. The summed E-state index contributed by atoms with van der Waals surface area (Å²) in [5.41, 5.74) is 1.55. The van der Waals surface area contributed by atoms with E-state index in [0.29, 0.717) is 34.9 Å². The van der Waals surface area contributed by atoms with Gasteiger partial charge in [0.25, 0.3) is 5.56 Å². The molecule has 0 saturated carbocycles. The Morgan fingerprint density at radius 2 is 1.75 bits per heavy atom. The number of carbonyl (C=O) groups is 2. The minimum absolute atomic E-state index is 0.0850. The lowest BCUT2D eigenvalue weighted by atomic mass is 10.0. The van der Waals surface area contributed by atoms with Crippen LogP contribution in [-0.4, -0.2) is 81.2 Å². The summed E-state index contributed by atoms with van der Waals surface area (Å²) in [5.74, 6) is 0.675. The highest BCUT2D eigenvalue weighted by Gasteiger charge is 2.23. The molecule has 0 radical (unpaired) electrons. The van der Waals surface area contributed by atoms with Crippen molar-refractivity contribution in [3.05, 3.63) is 46.0 Å². The van der Waals surface area contributed by atoms with Gasteiger partial charge in [0, 0.05) is 50.3 Å². The number of nitrogens with zero attached hydrogens (tertiary/aromatic N) is 6. The van der Waals surface area contributed by atoms with Crippen LogP contribution in [-0.2, 0) is 4.74 Å². The van der Waals surface area contributed by atoms with Crippen molar-refractivity contribution in [1.82, 2.24) is 29.7 Å². The van der Waals surface area contributed by atoms with Gasteiger partial charge >= 0.3 is 6.09 Å². The van der Waals surface area contributed by atoms with E-state index in [1.54, 1.807) is 17.7 Å². The fourth-order valence-corrected chi connectivity index (χ4v) is 5.60. The maximum absolute atomic E-state index is 13.4. The molecule has 4 heterocycles. The van der Waals surface area contributed by atoms with Gasteiger partial charge in [0.1, 0.15) is 17.1 Å². The third-order valence-corrected chi connectivity index (χ3v) is 7.91. The molecule has 3 aromatic heterocycles. The van der Waals surface area contributed by atoms with Crippen LogP contribution in [0.15, 0.2) is 29.3 Å². The molecule has 3 aromatic rings. The molecule has 1 aliphatic rings. The summed E-state index contributed by atoms with van der Waals surface area (Å²) in [7, 11) is 0. The molecule has 1 aliphatic heterocycles. The maximum Gasteiger partial charge on any atom is 0.407 e. The quantitative estimate of drug-likeness (QED) is 0.231. The number of aryl methyl sites for hydroxylation is 1. The Kier molecular flexibility index (Phi) is 10.6. The number of anilines is 3. The highest BCUT2D eigenvalue weighted by molar-refractivity contribution is 5.99. The molecule has 0 aromatic carbocycles. The van der Waals surface area contributed by atoms with Crippen molar-refractivity contribution in [1.29, 1.82) is 0 Å². The molecular weight excluding hydrogens is 560 g/mol. The Bertz CT molecular complexity index is 1520. The summed E-state index contributed by atoms with van der Waals surface area (Å²) >= 11 is 0. The summed E-state index contributed by atoms with van der Waals surface area (Å²) in [5, 5.41) is 6.69. The third-order valence-electron chi connectivity index (χ3n) is 7.91. The molecule has 1 saturated heterocycles. The van der Waals surface area contributed by atoms with Gasteiger partial charge in [0.15, 0.2) is 5.78 Å². The molecule has 0 spiro atoms. The number of fused-ring (bicyclic) bond motifs is 1. The van der Waals surface area contributed by atoms with Gasteiger partial charge in [-0.15, -0.1) is 0 Å². The standard InChI is InChI=1S/C32H46N8O4/c1-8-23(9-2)40-28-25(21(3)27(22(4)41)29(40)42)20-35-30(37-28)36-26-12-11-24(19-34-26)39-17-15-38(16-18-39)14-10-13-33-31(43)44-32(5,6)7/h11-12,19-20,23H,8-10,13-18H2,1-7H3,(H,33,43)(H,34,35,36,37). The lowest BCUT2D eigenvalue weighted by molar-refractivity contribution is 0.0525. The second kappa shape index (κ2) is 14.1. The van der Waals surface area contributed by atoms with Gasteiger partial charge < -0.3 is 20.3 Å². The monoisotopic (exact) mass is 606 g/mol. The van der Waals surface area contributed by atoms with Crippen molar-refractivity contribution in [2.75, 3.05) is 49.5 Å². The van der Waals surface area contributed by atoms with E-state index < -0.39 is 5.60 Å². The Morgan fingerprint density at radius 3 is 2.34 bits per heavy atom. The first kappa shape index (κ1) is 32.8. The van der Waals surface area contributed by atoms with Gasteiger partial charge in [-0.05, 0) is 78.1 Å². The molecule has 2 N–H and O–H groups in total. The number of ketones is 1. The molecular formula is C32H46N8O4. The Morgan fingerprint density at radius 1 is 1.05 bits per heavy atom. The van der Waals surface area contributed by atoms with E-state index in [-0.39, 0.29) is 29.0 Å². The van der Waals surface area contributed by atoms with Gasteiger partial charge in [-0.3, -0.25) is 19.1 Å². The van der Waals surface area contributed by atoms with Gasteiger partial charge in [-0.1, -0.05) is 13.8 Å². The summed E-state index contributed by atoms with van der Waals surface area (Å²) in [6.45, 7) is 17.9. The van der Waals surface area contributed by atoms with Crippen LogP contribution in [0.4, 0.5) is 22.2 Å². The third kappa shape index (κ3) is 7.90. The minimum Gasteiger partial charge on any atom is -0.444 e. The van der Waals surface area contributed by atoms with E-state index in [0.717, 1.165) is 57.7 Å². The molecule has 1 amide bonds. The largest absolute Gasteiger partial charge is 0.444 e. The van der Waals surface area contributed by atoms with Crippen molar-refractivity contribution in [2.45, 2.75) is 79.4 Å². The maximum atomic E-state index is 13.4. The Balaban J connectivity index is 1.38. The zero-order valence-electron chi connectivity index (χ0n) is 27.1. The number of pyridine rings is 2. The molecule has 0 unspecified atom stereocenters. The minimum atomic E-state index is -0.492. The van der Waals surface area contributed by atoms with Gasteiger partial charge in [-0.2, -0.15) is 4.98 Å². The number of ether oxygens (including phenoxy) is 1. The number of carbonyl (C=O) groups excluding carboxylic acids is 2. The topological polar surface area (TPSA) is 135 Å². The van der Waals surface area contributed by atoms with Crippen LogP contribution in [0.5, 0.6) is 0 Å². The molecule has 0 bridgehead atoms. The average Bonchev–Trinajstić information content (AvgIpc) is 2.97. The highest BCUT2D eigenvalue weighted by Crippen LogP contribution is 2.25. The number of piperazine rings is 1. The van der Waals surface area contributed by atoms with Crippen LogP contribution in [0.1, 0.15) is 82.8 Å². The fraction of sp³-hybridized carbons (Fsp3) is 0.562. The summed E-state index contributed by atoms with van der Waals surface area (Å²) in [4.78, 5) is 56.1. The number of nitrogens with one attached hydrogen (secondary N) is 2. The van der Waals surface area contributed by atoms with E-state index in [1.165, 1.54) is 6.92 Å². The number of Topliss-reactive ketones (excluding diaryl/α,β-unsaturated/α-hetero) is 1. The number of amides is 1. The van der Waals surface area contributed by atoms with Gasteiger partial charge in [0.05, 0.1) is 17.4 Å². The summed E-state index contributed by atoms with van der Waals surface area (Å²) in [6.07, 6.45) is 5.48. The van der Waals surface area contributed by atoms with Crippen LogP contribution < -0.4 is 21.1 Å². The first-order chi connectivity index (χ1) is 20.9. The number of aromatic nitrogens is 4. The number of hydrogen-bond donors (Lipinski definition) is 2. The zero-order chi connectivity index (χ0) is 32.0. The van der Waals surface area contributed by atoms with Crippen LogP contribution in [0.3, 0.4) is 0 Å². The van der Waals surface area contributed by atoms with Gasteiger partial charge in [0.2, 0.25) is 5.95 Å². The van der Waals surface area contributed by atoms with Crippen LogP contribution in [0.25, 0.3) is 11.0 Å². The van der Waals surface area contributed by atoms with Crippen molar-refractivity contribution < 1.29 is 14.3 Å². The van der Waals surface area contributed by atoms with E-state index in [4.69, 9.17) is 9.72 Å². The van der Waals surface area contributed by atoms with Gasteiger partial charge in [-0.25, -0.2) is 14.8 Å². The molecule has 0 aliphatic carbocycles. The zero-order valence-corrected chi connectivity index (χ0v) is 27.1. The van der Waals surface area contributed by atoms with E-state index >= 15 is 0 Å². The number of alkyl carbamates (subject to hydrolysis) is 1. The lowest BCUT2D eigenvalue weighted by Crippen LogP contribution is -2.47. The average molecular weight is 607 g/mol. The van der Waals surface area contributed by atoms with E-state index in [1.807, 2.05) is 52.9 Å². The predicted octanol–water partition coefficient (Wildman–Crippen LogP) is 4.84. The van der Waals surface area contributed by atoms with Crippen molar-refractivity contribution in [2.24, 2.45) is 0 Å². The lowest BCUT2D eigenvalue weighted by Gasteiger charge is -2.36. The first-order valence-electron chi connectivity index (χ1n) is 15.5. The normalized spacial score (nSPS) is 14.2. The summed E-state index contributed by atoms with van der Waals surface area (Å²) < 4.78 is 6.93. The molecule has 12 nitrogen and oxygen atoms in total. The molecule has 238 valence electrons. The van der Waals surface area contributed by atoms with E-state index in [2.05, 4.69) is 30.4 Å². The molecule has 0 atom stereocenters. The molecule has 1 fully saturated rings. The van der Waals surface area contributed by atoms with Crippen molar-refractivity contribution in [3.63, 3.8) is 0 Å². The fourth-order valence-electron chi connectivity index (χ4n) is 5.60. The Labute approximate surface area is 259 Å². The highest BCUT2D eigenvalue weighted by atomic mass is 16.6. The molecule has 12 heteroatoms. The number of hydrogen-bond acceptors (Lipinski definition) is 10. The molecule has 44 heavy (non-hydrogen) atoms. The van der Waals surface area contributed by atoms with Crippen LogP contribution in [0, 0.1) is 6.92 Å². The SMILES string of the molecule is CCC(CC)n1c(=O)c(C(C)=O)c(C)c2cnc(Nc3ccc(N4CCN(CCCNC(=O)OC(C)(C)C)CC4)cn3)nc21. The van der Waals surface area contributed by atoms with E-state index in [9.17, 15) is 14.4 Å². The molecule has 4 rings (SSSR count).